The van der Waals surface area contributed by atoms with Gasteiger partial charge in [-0.05, 0) is 44.0 Å². The van der Waals surface area contributed by atoms with Gasteiger partial charge in [0.1, 0.15) is 23.9 Å². The molecule has 0 aromatic heterocycles. The lowest BCUT2D eigenvalue weighted by molar-refractivity contribution is 0.427. The Hall–Kier alpha value is -2.10. The highest BCUT2D eigenvalue weighted by molar-refractivity contribution is 7.92. The lowest BCUT2D eigenvalue weighted by Gasteiger charge is -2.26. The maximum Gasteiger partial charge on any atom is 0.198 e. The van der Waals surface area contributed by atoms with Gasteiger partial charge in [-0.2, -0.15) is 5.26 Å². The van der Waals surface area contributed by atoms with Crippen LogP contribution in [0.4, 0.5) is 0 Å². The predicted octanol–water partition coefficient (Wildman–Crippen LogP) is 4.14. The Morgan fingerprint density at radius 1 is 0.917 bits per heavy atom. The summed E-state index contributed by atoms with van der Waals surface area (Å²) in [6.07, 6.45) is 2.45. The lowest BCUT2D eigenvalue weighted by Crippen LogP contribution is -2.26. The minimum atomic E-state index is -1.92. The van der Waals surface area contributed by atoms with Crippen molar-refractivity contribution in [1.29, 1.82) is 5.26 Å². The molecule has 1 aliphatic rings. The molecule has 2 aromatic rings. The Morgan fingerprint density at radius 3 is 1.79 bits per heavy atom. The van der Waals surface area contributed by atoms with E-state index in [1.165, 1.54) is 29.1 Å². The molecular formula is C21H24N2P+. The van der Waals surface area contributed by atoms with Crippen LogP contribution in [0.5, 0.6) is 0 Å². The first-order chi connectivity index (χ1) is 11.7. The first-order valence-corrected chi connectivity index (χ1v) is 10.8. The van der Waals surface area contributed by atoms with Crippen molar-refractivity contribution >= 4 is 17.9 Å². The number of hydrogen-bond donors (Lipinski definition) is 0. The molecule has 1 aliphatic heterocycles. The molecule has 2 nitrogen and oxygen atoms in total. The predicted molar refractivity (Wildman–Crippen MR) is 104 cm³/mol. The average Bonchev–Trinajstić information content (AvgIpc) is 3.18. The number of allylic oxidation sites excluding steroid dienone is 2. The molecule has 24 heavy (non-hydrogen) atoms. The largest absolute Gasteiger partial charge is 0.371 e. The van der Waals surface area contributed by atoms with Crippen LogP contribution in [0.1, 0.15) is 19.8 Å². The van der Waals surface area contributed by atoms with Gasteiger partial charge in [-0.3, -0.25) is 0 Å². The zero-order chi connectivity index (χ0) is 17.0. The van der Waals surface area contributed by atoms with Crippen LogP contribution in [0.15, 0.2) is 71.7 Å². The van der Waals surface area contributed by atoms with Crippen LogP contribution in [-0.4, -0.2) is 24.7 Å². The van der Waals surface area contributed by atoms with Crippen molar-refractivity contribution in [2.45, 2.75) is 19.8 Å². The molecule has 3 rings (SSSR count). The summed E-state index contributed by atoms with van der Waals surface area (Å²) >= 11 is 0. The van der Waals surface area contributed by atoms with Gasteiger partial charge in [0.2, 0.25) is 0 Å². The number of likely N-dealkylation sites (tertiary alicyclic amines) is 1. The molecule has 122 valence electrons. The number of nitrogens with zero attached hydrogens (tertiary/aromatic N) is 2. The molecule has 0 atom stereocenters. The van der Waals surface area contributed by atoms with Crippen LogP contribution in [-0.2, 0) is 0 Å². The van der Waals surface area contributed by atoms with Gasteiger partial charge in [-0.25, -0.2) is 0 Å². The molecule has 0 saturated carbocycles. The SMILES string of the molecule is C/C(=C(/C#N)[P+](C)(c1ccccc1)c1ccccc1)N1CCCC1. The molecule has 1 fully saturated rings. The van der Waals surface area contributed by atoms with Gasteiger partial charge < -0.3 is 4.90 Å². The molecule has 0 unspecified atom stereocenters. The van der Waals surface area contributed by atoms with E-state index in [2.05, 4.69) is 73.1 Å². The van der Waals surface area contributed by atoms with Gasteiger partial charge in [-0.1, -0.05) is 36.4 Å². The molecule has 3 heteroatoms. The van der Waals surface area contributed by atoms with Gasteiger partial charge in [0.25, 0.3) is 0 Å². The third-order valence-electron chi connectivity index (χ3n) is 5.02. The van der Waals surface area contributed by atoms with E-state index in [1.807, 2.05) is 12.1 Å². The summed E-state index contributed by atoms with van der Waals surface area (Å²) in [4.78, 5) is 2.39. The fourth-order valence-electron chi connectivity index (χ4n) is 3.57. The number of nitriles is 1. The highest BCUT2D eigenvalue weighted by Crippen LogP contribution is 2.61. The van der Waals surface area contributed by atoms with Crippen LogP contribution in [0.3, 0.4) is 0 Å². The highest BCUT2D eigenvalue weighted by Gasteiger charge is 2.44. The van der Waals surface area contributed by atoms with E-state index in [4.69, 9.17) is 0 Å². The molecule has 2 aromatic carbocycles. The molecule has 1 heterocycles. The van der Waals surface area contributed by atoms with E-state index in [0.717, 1.165) is 18.4 Å². The Bertz CT molecular complexity index is 714. The van der Waals surface area contributed by atoms with Crippen LogP contribution in [0.25, 0.3) is 0 Å². The fraction of sp³-hybridized carbons (Fsp3) is 0.286. The normalized spacial score (nSPS) is 15.8. The third-order valence-corrected chi connectivity index (χ3v) is 9.00. The van der Waals surface area contributed by atoms with Crippen molar-refractivity contribution in [2.24, 2.45) is 0 Å². The first kappa shape index (κ1) is 16.7. The zero-order valence-electron chi connectivity index (χ0n) is 14.4. The van der Waals surface area contributed by atoms with Gasteiger partial charge >= 0.3 is 0 Å². The van der Waals surface area contributed by atoms with Crippen molar-refractivity contribution in [3.05, 3.63) is 71.7 Å². The standard InChI is InChI=1S/C21H24N2P/c1-18(23-15-9-10-16-23)21(17-22)24(2,19-11-5-3-6-12-19)20-13-7-4-8-14-20/h3-8,11-14H,9-10,15-16H2,1-2H3/q+1/b21-18+. The Balaban J connectivity index is 2.21. The summed E-state index contributed by atoms with van der Waals surface area (Å²) in [5.74, 6) is 0. The minimum absolute atomic E-state index is 0.960. The molecule has 1 saturated heterocycles. The summed E-state index contributed by atoms with van der Waals surface area (Å²) in [6, 6.07) is 23.7. The van der Waals surface area contributed by atoms with Crippen molar-refractivity contribution in [2.75, 3.05) is 19.8 Å². The number of hydrogen-bond acceptors (Lipinski definition) is 2. The van der Waals surface area contributed by atoms with Gasteiger partial charge in [0.05, 0.1) is 12.4 Å². The topological polar surface area (TPSA) is 27.0 Å². The van der Waals surface area contributed by atoms with Crippen LogP contribution in [0.2, 0.25) is 0 Å². The van der Waals surface area contributed by atoms with E-state index in [-0.39, 0.29) is 0 Å². The summed E-state index contributed by atoms with van der Waals surface area (Å²) in [5, 5.41) is 13.6. The Labute approximate surface area is 145 Å². The van der Waals surface area contributed by atoms with Gasteiger partial charge in [0.15, 0.2) is 5.31 Å². The van der Waals surface area contributed by atoms with E-state index in [9.17, 15) is 5.26 Å². The molecule has 0 radical (unpaired) electrons. The second-order valence-corrected chi connectivity index (χ2v) is 9.91. The van der Waals surface area contributed by atoms with Crippen molar-refractivity contribution < 1.29 is 0 Å². The molecule has 0 bridgehead atoms. The zero-order valence-corrected chi connectivity index (χ0v) is 15.3. The van der Waals surface area contributed by atoms with Crippen LogP contribution < -0.4 is 10.6 Å². The van der Waals surface area contributed by atoms with Crippen LogP contribution in [0, 0.1) is 11.3 Å². The van der Waals surface area contributed by atoms with Crippen molar-refractivity contribution in [1.82, 2.24) is 4.90 Å². The smallest absolute Gasteiger partial charge is 0.198 e. The Kier molecular flexibility index (Phi) is 5.03. The molecular weight excluding hydrogens is 311 g/mol. The third kappa shape index (κ3) is 2.97. The minimum Gasteiger partial charge on any atom is -0.371 e. The van der Waals surface area contributed by atoms with Gasteiger partial charge in [-0.15, -0.1) is 0 Å². The molecule has 0 amide bonds. The fourth-order valence-corrected chi connectivity index (χ4v) is 6.91. The van der Waals surface area contributed by atoms with E-state index in [0.29, 0.717) is 0 Å². The van der Waals surface area contributed by atoms with E-state index >= 15 is 0 Å². The average molecular weight is 335 g/mol. The second kappa shape index (κ2) is 7.20. The summed E-state index contributed by atoms with van der Waals surface area (Å²) in [5.41, 5.74) is 1.17. The van der Waals surface area contributed by atoms with Gasteiger partial charge in [0, 0.05) is 13.1 Å². The molecule has 0 aliphatic carbocycles. The maximum absolute atomic E-state index is 10.1. The number of rotatable bonds is 4. The quantitative estimate of drug-likeness (QED) is 0.620. The summed E-state index contributed by atoms with van der Waals surface area (Å²) in [7, 11) is -1.92. The number of benzene rings is 2. The van der Waals surface area contributed by atoms with Crippen LogP contribution >= 0.6 is 7.26 Å². The van der Waals surface area contributed by atoms with Crippen molar-refractivity contribution in [3.8, 4) is 6.07 Å². The van der Waals surface area contributed by atoms with E-state index < -0.39 is 7.26 Å². The highest BCUT2D eigenvalue weighted by atomic mass is 31.2. The molecule has 0 N–H and O–H groups in total. The van der Waals surface area contributed by atoms with E-state index in [1.54, 1.807) is 0 Å². The molecule has 0 spiro atoms. The maximum atomic E-state index is 10.1. The Morgan fingerprint density at radius 2 is 1.38 bits per heavy atom. The van der Waals surface area contributed by atoms with Crippen molar-refractivity contribution in [3.63, 3.8) is 0 Å². The monoisotopic (exact) mass is 335 g/mol. The summed E-state index contributed by atoms with van der Waals surface area (Å²) in [6.45, 7) is 6.56. The second-order valence-electron chi connectivity index (χ2n) is 6.42. The first-order valence-electron chi connectivity index (χ1n) is 8.52. The summed E-state index contributed by atoms with van der Waals surface area (Å²) < 4.78 is 0. The lowest BCUT2D eigenvalue weighted by atomic mass is 10.4.